The smallest absolute Gasteiger partial charge is 0.164 e. The average Bonchev–Trinajstić information content (AvgIpc) is 2.80. The van der Waals surface area contributed by atoms with Crippen molar-refractivity contribution in [2.75, 3.05) is 5.73 Å². The number of benzene rings is 1. The van der Waals surface area contributed by atoms with Crippen LogP contribution in [0.15, 0.2) is 30.6 Å². The van der Waals surface area contributed by atoms with Gasteiger partial charge in [0.2, 0.25) is 0 Å². The van der Waals surface area contributed by atoms with Crippen molar-refractivity contribution in [2.24, 2.45) is 0 Å². The fourth-order valence-corrected chi connectivity index (χ4v) is 2.28. The number of hydrogen-bond acceptors (Lipinski definition) is 4. The third-order valence-electron chi connectivity index (χ3n) is 3.26. The van der Waals surface area contributed by atoms with Crippen LogP contribution in [0.25, 0.3) is 22.3 Å². The Morgan fingerprint density at radius 3 is 2.52 bits per heavy atom. The van der Waals surface area contributed by atoms with Gasteiger partial charge in [-0.15, -0.1) is 0 Å². The summed E-state index contributed by atoms with van der Waals surface area (Å²) >= 11 is 0. The molecule has 2 N–H and O–H groups in total. The van der Waals surface area contributed by atoms with Gasteiger partial charge in [-0.3, -0.25) is 0 Å². The maximum atomic E-state index is 14.1. The molecule has 0 aliphatic heterocycles. The normalized spacial score (nSPS) is 12.0. The van der Waals surface area contributed by atoms with E-state index < -0.39 is 0 Å². The Hall–Kier alpha value is -2.50. The molecule has 0 aliphatic carbocycles. The summed E-state index contributed by atoms with van der Waals surface area (Å²) in [5.74, 6) is -0.0463. The van der Waals surface area contributed by atoms with Crippen molar-refractivity contribution in [1.82, 2.24) is 19.7 Å². The first-order chi connectivity index (χ1) is 9.89. The molecule has 21 heavy (non-hydrogen) atoms. The van der Waals surface area contributed by atoms with Gasteiger partial charge < -0.3 is 5.73 Å². The van der Waals surface area contributed by atoms with E-state index in [2.05, 4.69) is 15.1 Å². The van der Waals surface area contributed by atoms with Crippen LogP contribution < -0.4 is 5.73 Å². The molecule has 1 aromatic carbocycles. The van der Waals surface area contributed by atoms with E-state index in [4.69, 9.17) is 5.73 Å². The number of aromatic nitrogens is 4. The number of rotatable bonds is 1. The molecule has 0 radical (unpaired) electrons. The van der Waals surface area contributed by atoms with E-state index in [1.807, 2.05) is 20.8 Å². The molecule has 0 saturated carbocycles. The average molecular weight is 285 g/mol. The zero-order valence-corrected chi connectivity index (χ0v) is 12.1. The second kappa shape index (κ2) is 4.51. The third-order valence-corrected chi connectivity index (χ3v) is 3.26. The van der Waals surface area contributed by atoms with Gasteiger partial charge in [0.15, 0.2) is 5.65 Å². The first-order valence-electron chi connectivity index (χ1n) is 6.64. The van der Waals surface area contributed by atoms with Gasteiger partial charge in [0.25, 0.3) is 0 Å². The molecule has 0 bridgehead atoms. The van der Waals surface area contributed by atoms with Gasteiger partial charge in [0.1, 0.15) is 23.7 Å². The van der Waals surface area contributed by atoms with Gasteiger partial charge in [-0.25, -0.2) is 19.0 Å². The van der Waals surface area contributed by atoms with Crippen LogP contribution in [-0.4, -0.2) is 19.7 Å². The van der Waals surface area contributed by atoms with Crippen molar-refractivity contribution in [2.45, 2.75) is 26.3 Å². The monoisotopic (exact) mass is 285 g/mol. The highest BCUT2D eigenvalue weighted by Gasteiger charge is 2.24. The van der Waals surface area contributed by atoms with Gasteiger partial charge in [0.05, 0.1) is 10.9 Å². The molecule has 0 fully saturated rings. The summed E-state index contributed by atoms with van der Waals surface area (Å²) in [7, 11) is 0. The largest absolute Gasteiger partial charge is 0.383 e. The Bertz CT molecular complexity index is 817. The highest BCUT2D eigenvalue weighted by atomic mass is 19.1. The molecule has 0 spiro atoms. The number of anilines is 1. The van der Waals surface area contributed by atoms with Crippen LogP contribution in [0.1, 0.15) is 20.8 Å². The summed E-state index contributed by atoms with van der Waals surface area (Å²) < 4.78 is 15.9. The van der Waals surface area contributed by atoms with E-state index in [-0.39, 0.29) is 11.4 Å². The Labute approximate surface area is 121 Å². The lowest BCUT2D eigenvalue weighted by atomic mass is 10.1. The summed E-state index contributed by atoms with van der Waals surface area (Å²) in [6.45, 7) is 6.01. The highest BCUT2D eigenvalue weighted by molar-refractivity contribution is 5.98. The summed E-state index contributed by atoms with van der Waals surface area (Å²) in [5.41, 5.74) is 7.14. The minimum atomic E-state index is -0.346. The van der Waals surface area contributed by atoms with E-state index in [0.29, 0.717) is 28.1 Å². The van der Waals surface area contributed by atoms with Crippen molar-refractivity contribution in [3.63, 3.8) is 0 Å². The molecule has 0 aliphatic rings. The van der Waals surface area contributed by atoms with Crippen LogP contribution in [0.4, 0.5) is 10.2 Å². The molecule has 0 atom stereocenters. The molecule has 0 amide bonds. The Kier molecular flexibility index (Phi) is 2.90. The zero-order chi connectivity index (χ0) is 15.2. The second-order valence-electron chi connectivity index (χ2n) is 5.87. The van der Waals surface area contributed by atoms with Crippen molar-refractivity contribution in [3.05, 3.63) is 36.4 Å². The van der Waals surface area contributed by atoms with Crippen LogP contribution in [-0.2, 0) is 5.54 Å². The Balaban J connectivity index is 2.42. The number of nitrogen functional groups attached to an aromatic ring is 1. The molecule has 2 heterocycles. The van der Waals surface area contributed by atoms with Crippen LogP contribution in [0, 0.1) is 5.82 Å². The fourth-order valence-electron chi connectivity index (χ4n) is 2.28. The number of nitrogens with zero attached hydrogens (tertiary/aromatic N) is 4. The Morgan fingerprint density at radius 2 is 1.86 bits per heavy atom. The standard InChI is InChI=1S/C15H16FN5/c1-15(2,3)21-14-11(13(17)18-8-19-14)12(20-21)9-6-4-5-7-10(9)16/h4-8H,1-3H3,(H2,17,18,19). The van der Waals surface area contributed by atoms with Gasteiger partial charge >= 0.3 is 0 Å². The summed E-state index contributed by atoms with van der Waals surface area (Å²) in [5, 5.41) is 5.13. The molecule has 2 aromatic heterocycles. The quantitative estimate of drug-likeness (QED) is 0.746. The van der Waals surface area contributed by atoms with Crippen LogP contribution in [0.5, 0.6) is 0 Å². The first kappa shape index (κ1) is 13.5. The summed E-state index contributed by atoms with van der Waals surface area (Å²) in [4.78, 5) is 8.28. The predicted octanol–water partition coefficient (Wildman–Crippen LogP) is 2.97. The highest BCUT2D eigenvalue weighted by Crippen LogP contribution is 2.33. The lowest BCUT2D eigenvalue weighted by Gasteiger charge is -2.19. The van der Waals surface area contributed by atoms with Crippen molar-refractivity contribution in [3.8, 4) is 11.3 Å². The van der Waals surface area contributed by atoms with Crippen LogP contribution >= 0.6 is 0 Å². The number of halogens is 1. The van der Waals surface area contributed by atoms with Crippen LogP contribution in [0.3, 0.4) is 0 Å². The number of hydrogen-bond donors (Lipinski definition) is 1. The van der Waals surface area contributed by atoms with E-state index in [0.717, 1.165) is 0 Å². The fraction of sp³-hybridized carbons (Fsp3) is 0.267. The molecule has 0 unspecified atom stereocenters. The molecular weight excluding hydrogens is 269 g/mol. The van der Waals surface area contributed by atoms with Crippen molar-refractivity contribution >= 4 is 16.9 Å². The third kappa shape index (κ3) is 2.12. The van der Waals surface area contributed by atoms with Gasteiger partial charge in [-0.1, -0.05) is 12.1 Å². The van der Waals surface area contributed by atoms with Gasteiger partial charge in [-0.05, 0) is 32.9 Å². The zero-order valence-electron chi connectivity index (χ0n) is 12.1. The van der Waals surface area contributed by atoms with E-state index in [9.17, 15) is 4.39 Å². The number of nitrogens with two attached hydrogens (primary N) is 1. The molecule has 0 saturated heterocycles. The minimum Gasteiger partial charge on any atom is -0.383 e. The van der Waals surface area contributed by atoms with E-state index >= 15 is 0 Å². The van der Waals surface area contributed by atoms with Crippen molar-refractivity contribution in [1.29, 1.82) is 0 Å². The lowest BCUT2D eigenvalue weighted by Crippen LogP contribution is -2.23. The van der Waals surface area contributed by atoms with Crippen molar-refractivity contribution < 1.29 is 4.39 Å². The topological polar surface area (TPSA) is 69.6 Å². The SMILES string of the molecule is CC(C)(C)n1nc(-c2ccccc2F)c2c(N)ncnc21. The molecule has 3 rings (SSSR count). The molecular formula is C15H16FN5. The molecule has 108 valence electrons. The maximum absolute atomic E-state index is 14.1. The van der Waals surface area contributed by atoms with Gasteiger partial charge in [-0.2, -0.15) is 5.10 Å². The van der Waals surface area contributed by atoms with E-state index in [1.54, 1.807) is 22.9 Å². The van der Waals surface area contributed by atoms with Gasteiger partial charge in [0, 0.05) is 5.56 Å². The lowest BCUT2D eigenvalue weighted by molar-refractivity contribution is 0.366. The number of fused-ring (bicyclic) bond motifs is 1. The first-order valence-corrected chi connectivity index (χ1v) is 6.64. The second-order valence-corrected chi connectivity index (χ2v) is 5.87. The predicted molar refractivity (Wildman–Crippen MR) is 80.1 cm³/mol. The van der Waals surface area contributed by atoms with Crippen LogP contribution in [0.2, 0.25) is 0 Å². The maximum Gasteiger partial charge on any atom is 0.164 e. The molecule has 3 aromatic rings. The Morgan fingerprint density at radius 1 is 1.14 bits per heavy atom. The molecule has 6 heteroatoms. The summed E-state index contributed by atoms with van der Waals surface area (Å²) in [6.07, 6.45) is 1.40. The molecule has 5 nitrogen and oxygen atoms in total. The summed E-state index contributed by atoms with van der Waals surface area (Å²) in [6, 6.07) is 6.48. The van der Waals surface area contributed by atoms with E-state index in [1.165, 1.54) is 12.4 Å². The minimum absolute atomic E-state index is 0.300.